The average molecular weight is 181 g/mol. The molecule has 0 aromatic rings. The third-order valence-electron chi connectivity index (χ3n) is 3.05. The average Bonchev–Trinajstić information content (AvgIpc) is 2.15. The highest BCUT2D eigenvalue weighted by Crippen LogP contribution is 2.23. The van der Waals surface area contributed by atoms with E-state index in [9.17, 15) is 0 Å². The van der Waals surface area contributed by atoms with E-state index in [1.165, 1.54) is 32.1 Å². The number of hydrogen-bond donors (Lipinski definition) is 0. The second-order valence-electron chi connectivity index (χ2n) is 4.37. The minimum absolute atomic E-state index is 0.668. The zero-order valence-electron chi connectivity index (χ0n) is 9.13. The molecule has 1 nitrogen and oxygen atoms in total. The first-order valence-corrected chi connectivity index (χ1v) is 5.62. The van der Waals surface area contributed by atoms with Crippen LogP contribution in [-0.2, 0) is 0 Å². The van der Waals surface area contributed by atoms with Crippen molar-refractivity contribution < 1.29 is 0 Å². The highest BCUT2D eigenvalue weighted by atomic mass is 15.2. The summed E-state index contributed by atoms with van der Waals surface area (Å²) in [6.07, 6.45) is 9.11. The summed E-state index contributed by atoms with van der Waals surface area (Å²) in [4.78, 5) is 2.59. The third-order valence-corrected chi connectivity index (χ3v) is 3.05. The lowest BCUT2D eigenvalue weighted by Gasteiger charge is -2.36. The lowest BCUT2D eigenvalue weighted by molar-refractivity contribution is 0.136. The van der Waals surface area contributed by atoms with Crippen LogP contribution in [-0.4, -0.2) is 23.5 Å². The molecule has 1 fully saturated rings. The fraction of sp³-hybridized carbons (Fsp3) is 0.833. The summed E-state index contributed by atoms with van der Waals surface area (Å²) in [5.41, 5.74) is 0. The van der Waals surface area contributed by atoms with E-state index in [1.54, 1.807) is 0 Å². The lowest BCUT2D eigenvalue weighted by atomic mass is 9.93. The van der Waals surface area contributed by atoms with Crippen LogP contribution >= 0.6 is 0 Å². The Kier molecular flexibility index (Phi) is 4.51. The van der Waals surface area contributed by atoms with E-state index in [4.69, 9.17) is 0 Å². The Hall–Kier alpha value is -0.300. The van der Waals surface area contributed by atoms with Gasteiger partial charge in [-0.25, -0.2) is 0 Å². The summed E-state index contributed by atoms with van der Waals surface area (Å²) in [7, 11) is 0. The van der Waals surface area contributed by atoms with Crippen LogP contribution in [0.25, 0.3) is 0 Å². The quantitative estimate of drug-likeness (QED) is 0.602. The molecule has 0 aromatic heterocycles. The van der Waals surface area contributed by atoms with Crippen molar-refractivity contribution in [3.8, 4) is 0 Å². The van der Waals surface area contributed by atoms with Crippen LogP contribution < -0.4 is 0 Å². The van der Waals surface area contributed by atoms with Gasteiger partial charge in [0.15, 0.2) is 0 Å². The second-order valence-corrected chi connectivity index (χ2v) is 4.37. The predicted octanol–water partition coefficient (Wildman–Crippen LogP) is 3.22. The van der Waals surface area contributed by atoms with Crippen molar-refractivity contribution in [1.29, 1.82) is 0 Å². The Morgan fingerprint density at radius 2 is 1.92 bits per heavy atom. The zero-order valence-corrected chi connectivity index (χ0v) is 9.13. The molecule has 13 heavy (non-hydrogen) atoms. The molecule has 0 N–H and O–H groups in total. The van der Waals surface area contributed by atoms with Gasteiger partial charge in [-0.15, -0.1) is 6.58 Å². The summed E-state index contributed by atoms with van der Waals surface area (Å²) >= 11 is 0. The van der Waals surface area contributed by atoms with E-state index in [-0.39, 0.29) is 0 Å². The molecule has 1 rings (SSSR count). The van der Waals surface area contributed by atoms with Gasteiger partial charge in [-0.1, -0.05) is 25.3 Å². The van der Waals surface area contributed by atoms with Crippen molar-refractivity contribution in [3.63, 3.8) is 0 Å². The molecule has 1 aliphatic rings. The Morgan fingerprint density at radius 1 is 1.31 bits per heavy atom. The van der Waals surface area contributed by atoms with E-state index in [0.29, 0.717) is 6.04 Å². The van der Waals surface area contributed by atoms with Gasteiger partial charge in [0.05, 0.1) is 0 Å². The zero-order chi connectivity index (χ0) is 9.68. The van der Waals surface area contributed by atoms with Gasteiger partial charge >= 0.3 is 0 Å². The monoisotopic (exact) mass is 181 g/mol. The molecule has 1 aliphatic carbocycles. The molecule has 1 saturated carbocycles. The fourth-order valence-corrected chi connectivity index (χ4v) is 2.34. The van der Waals surface area contributed by atoms with E-state index >= 15 is 0 Å². The topological polar surface area (TPSA) is 3.24 Å². The van der Waals surface area contributed by atoms with Gasteiger partial charge in [0, 0.05) is 18.6 Å². The third kappa shape index (κ3) is 3.15. The first kappa shape index (κ1) is 10.8. The fourth-order valence-electron chi connectivity index (χ4n) is 2.34. The molecule has 0 heterocycles. The highest BCUT2D eigenvalue weighted by molar-refractivity contribution is 4.83. The minimum atomic E-state index is 0.668. The normalized spacial score (nSPS) is 19.7. The maximum atomic E-state index is 3.84. The Morgan fingerprint density at radius 3 is 2.38 bits per heavy atom. The number of hydrogen-bond acceptors (Lipinski definition) is 1. The summed E-state index contributed by atoms with van der Waals surface area (Å²) in [6.45, 7) is 9.47. The Balaban J connectivity index is 2.46. The highest BCUT2D eigenvalue weighted by Gasteiger charge is 2.21. The largest absolute Gasteiger partial charge is 0.294 e. The van der Waals surface area contributed by atoms with Crippen LogP contribution in [0.1, 0.15) is 46.0 Å². The minimum Gasteiger partial charge on any atom is -0.294 e. The second kappa shape index (κ2) is 5.43. The molecule has 1 heteroatoms. The van der Waals surface area contributed by atoms with E-state index in [1.807, 2.05) is 6.08 Å². The maximum Gasteiger partial charge on any atom is 0.0166 e. The van der Waals surface area contributed by atoms with E-state index in [0.717, 1.165) is 12.6 Å². The van der Waals surface area contributed by atoms with Crippen LogP contribution in [0.2, 0.25) is 0 Å². The maximum absolute atomic E-state index is 3.84. The van der Waals surface area contributed by atoms with Crippen molar-refractivity contribution in [2.75, 3.05) is 6.54 Å². The van der Waals surface area contributed by atoms with Gasteiger partial charge in [0.2, 0.25) is 0 Å². The van der Waals surface area contributed by atoms with E-state index < -0.39 is 0 Å². The molecule has 0 atom stereocenters. The van der Waals surface area contributed by atoms with Gasteiger partial charge in [-0.05, 0) is 26.7 Å². The first-order chi connectivity index (χ1) is 6.25. The summed E-state index contributed by atoms with van der Waals surface area (Å²) < 4.78 is 0. The lowest BCUT2D eigenvalue weighted by Crippen LogP contribution is -2.41. The number of nitrogens with zero attached hydrogens (tertiary/aromatic N) is 1. The molecule has 0 aliphatic heterocycles. The molecular formula is C12H23N. The van der Waals surface area contributed by atoms with Gasteiger partial charge in [0.1, 0.15) is 0 Å². The smallest absolute Gasteiger partial charge is 0.0166 e. The van der Waals surface area contributed by atoms with Crippen LogP contribution in [0.3, 0.4) is 0 Å². The summed E-state index contributed by atoms with van der Waals surface area (Å²) in [6, 6.07) is 1.49. The molecule has 0 spiro atoms. The molecule has 0 bridgehead atoms. The number of rotatable bonds is 4. The van der Waals surface area contributed by atoms with Crippen molar-refractivity contribution in [1.82, 2.24) is 4.90 Å². The predicted molar refractivity (Wildman–Crippen MR) is 58.9 cm³/mol. The van der Waals surface area contributed by atoms with Crippen LogP contribution in [0, 0.1) is 0 Å². The molecule has 0 radical (unpaired) electrons. The van der Waals surface area contributed by atoms with Crippen LogP contribution in [0.5, 0.6) is 0 Å². The van der Waals surface area contributed by atoms with Crippen molar-refractivity contribution in [2.24, 2.45) is 0 Å². The Bertz CT molecular complexity index is 145. The summed E-state index contributed by atoms with van der Waals surface area (Å²) in [5.74, 6) is 0. The first-order valence-electron chi connectivity index (χ1n) is 5.62. The Labute approximate surface area is 82.8 Å². The molecule has 0 amide bonds. The van der Waals surface area contributed by atoms with Crippen molar-refractivity contribution in [3.05, 3.63) is 12.7 Å². The van der Waals surface area contributed by atoms with Gasteiger partial charge in [-0.3, -0.25) is 4.90 Å². The van der Waals surface area contributed by atoms with Crippen LogP contribution in [0.15, 0.2) is 12.7 Å². The standard InChI is InChI=1S/C12H23N/c1-4-10-13(11(2)3)12-8-6-5-7-9-12/h4,11-12H,1,5-10H2,2-3H3. The molecule has 0 unspecified atom stereocenters. The van der Waals surface area contributed by atoms with Crippen molar-refractivity contribution in [2.45, 2.75) is 58.0 Å². The molecule has 0 saturated heterocycles. The van der Waals surface area contributed by atoms with Crippen LogP contribution in [0.4, 0.5) is 0 Å². The molecule has 0 aromatic carbocycles. The van der Waals surface area contributed by atoms with E-state index in [2.05, 4.69) is 25.3 Å². The van der Waals surface area contributed by atoms with Gasteiger partial charge in [-0.2, -0.15) is 0 Å². The van der Waals surface area contributed by atoms with Gasteiger partial charge in [0.25, 0.3) is 0 Å². The summed E-state index contributed by atoms with van der Waals surface area (Å²) in [5, 5.41) is 0. The molecule has 76 valence electrons. The molecular weight excluding hydrogens is 158 g/mol. The van der Waals surface area contributed by atoms with Gasteiger partial charge < -0.3 is 0 Å². The SMILES string of the molecule is C=CCN(C(C)C)C1CCCCC1. The van der Waals surface area contributed by atoms with Crippen molar-refractivity contribution >= 4 is 0 Å².